The second-order valence-electron chi connectivity index (χ2n) is 7.66. The first-order valence-electron chi connectivity index (χ1n) is 11.7. The SMILES string of the molecule is CCOCCNc1nc(SCC)nc2c1cnn2CCNC(=O)COc1ccc2ccccc2c1. The van der Waals surface area contributed by atoms with Gasteiger partial charge in [-0.25, -0.2) is 14.6 Å². The molecule has 0 radical (unpaired) electrons. The summed E-state index contributed by atoms with van der Waals surface area (Å²) in [7, 11) is 0. The number of hydrogen-bond donors (Lipinski definition) is 2. The second kappa shape index (κ2) is 12.4. The maximum absolute atomic E-state index is 12.3. The number of fused-ring (bicyclic) bond motifs is 2. The zero-order chi connectivity index (χ0) is 24.5. The lowest BCUT2D eigenvalue weighted by Gasteiger charge is -2.10. The van der Waals surface area contributed by atoms with Crippen LogP contribution in [-0.4, -0.2) is 64.3 Å². The van der Waals surface area contributed by atoms with E-state index < -0.39 is 0 Å². The summed E-state index contributed by atoms with van der Waals surface area (Å²) in [6, 6.07) is 13.8. The van der Waals surface area contributed by atoms with Crippen molar-refractivity contribution in [2.75, 3.05) is 44.0 Å². The number of benzene rings is 2. The van der Waals surface area contributed by atoms with Crippen LogP contribution >= 0.6 is 11.8 Å². The predicted molar refractivity (Wildman–Crippen MR) is 139 cm³/mol. The number of nitrogens with one attached hydrogen (secondary N) is 2. The largest absolute Gasteiger partial charge is 0.484 e. The second-order valence-corrected chi connectivity index (χ2v) is 8.90. The third-order valence-corrected chi connectivity index (χ3v) is 5.96. The highest BCUT2D eigenvalue weighted by Gasteiger charge is 2.13. The number of aromatic nitrogens is 4. The molecule has 0 aliphatic heterocycles. The molecule has 1 amide bonds. The molecule has 2 aromatic carbocycles. The molecule has 2 heterocycles. The summed E-state index contributed by atoms with van der Waals surface area (Å²) < 4.78 is 12.9. The molecule has 2 N–H and O–H groups in total. The van der Waals surface area contributed by atoms with Crippen LogP contribution in [0.3, 0.4) is 0 Å². The van der Waals surface area contributed by atoms with E-state index in [1.54, 1.807) is 22.6 Å². The summed E-state index contributed by atoms with van der Waals surface area (Å²) in [5, 5.41) is 14.4. The third-order valence-electron chi connectivity index (χ3n) is 5.23. The van der Waals surface area contributed by atoms with E-state index in [1.807, 2.05) is 49.4 Å². The number of rotatable bonds is 13. The zero-order valence-electron chi connectivity index (χ0n) is 20.0. The Kier molecular flexibility index (Phi) is 8.74. The molecule has 0 fully saturated rings. The van der Waals surface area contributed by atoms with Crippen LogP contribution in [0, 0.1) is 0 Å². The van der Waals surface area contributed by atoms with Crippen molar-refractivity contribution in [2.24, 2.45) is 0 Å². The Labute approximate surface area is 208 Å². The van der Waals surface area contributed by atoms with Crippen LogP contribution in [0.5, 0.6) is 5.75 Å². The Balaban J connectivity index is 1.33. The van der Waals surface area contributed by atoms with Crippen molar-refractivity contribution < 1.29 is 14.3 Å². The van der Waals surface area contributed by atoms with Gasteiger partial charge in [0.15, 0.2) is 17.4 Å². The minimum atomic E-state index is -0.190. The number of thioether (sulfide) groups is 1. The standard InChI is InChI=1S/C25H30N6O3S/c1-3-33-14-12-27-23-21-16-28-31(24(21)30-25(29-23)35-4-2)13-11-26-22(32)17-34-20-10-9-18-7-5-6-8-19(18)15-20/h5-10,15-16H,3-4,11-14,17H2,1-2H3,(H,26,32)(H,27,29,30). The summed E-state index contributed by atoms with van der Waals surface area (Å²) in [5.74, 6) is 2.08. The number of hydrogen-bond acceptors (Lipinski definition) is 8. The van der Waals surface area contributed by atoms with E-state index in [2.05, 4.69) is 32.6 Å². The Bertz CT molecular complexity index is 1280. The van der Waals surface area contributed by atoms with Crippen LogP contribution in [0.25, 0.3) is 21.8 Å². The van der Waals surface area contributed by atoms with Crippen LogP contribution in [0.15, 0.2) is 53.8 Å². The fourth-order valence-corrected chi connectivity index (χ4v) is 4.14. The normalized spacial score (nSPS) is 11.1. The molecular formula is C25H30N6O3S. The molecular weight excluding hydrogens is 464 g/mol. The first kappa shape index (κ1) is 24.7. The van der Waals surface area contributed by atoms with Gasteiger partial charge in [0.25, 0.3) is 5.91 Å². The summed E-state index contributed by atoms with van der Waals surface area (Å²) in [5.41, 5.74) is 0.733. The first-order valence-corrected chi connectivity index (χ1v) is 12.7. The first-order chi connectivity index (χ1) is 17.2. The van der Waals surface area contributed by atoms with Crippen LogP contribution in [0.1, 0.15) is 13.8 Å². The molecule has 35 heavy (non-hydrogen) atoms. The van der Waals surface area contributed by atoms with Crippen molar-refractivity contribution >= 4 is 45.3 Å². The van der Waals surface area contributed by atoms with Crippen LogP contribution < -0.4 is 15.4 Å². The van der Waals surface area contributed by atoms with Gasteiger partial charge in [0.05, 0.1) is 24.7 Å². The summed E-state index contributed by atoms with van der Waals surface area (Å²) >= 11 is 1.57. The molecule has 0 spiro atoms. The lowest BCUT2D eigenvalue weighted by Crippen LogP contribution is -2.31. The fourth-order valence-electron chi connectivity index (χ4n) is 3.57. The highest BCUT2D eigenvalue weighted by atomic mass is 32.2. The van der Waals surface area contributed by atoms with Gasteiger partial charge in [-0.2, -0.15) is 5.10 Å². The lowest BCUT2D eigenvalue weighted by molar-refractivity contribution is -0.123. The van der Waals surface area contributed by atoms with Gasteiger partial charge >= 0.3 is 0 Å². The highest BCUT2D eigenvalue weighted by molar-refractivity contribution is 7.99. The smallest absolute Gasteiger partial charge is 0.258 e. The number of anilines is 1. The van der Waals surface area contributed by atoms with Crippen molar-refractivity contribution in [3.05, 3.63) is 48.7 Å². The van der Waals surface area contributed by atoms with Crippen LogP contribution in [0.4, 0.5) is 5.82 Å². The molecule has 0 saturated carbocycles. The van der Waals surface area contributed by atoms with E-state index in [1.165, 1.54) is 0 Å². The Morgan fingerprint density at radius 1 is 1.09 bits per heavy atom. The lowest BCUT2D eigenvalue weighted by atomic mass is 10.1. The summed E-state index contributed by atoms with van der Waals surface area (Å²) in [6.45, 7) is 6.79. The molecule has 184 valence electrons. The van der Waals surface area contributed by atoms with E-state index in [-0.39, 0.29) is 12.5 Å². The Morgan fingerprint density at radius 2 is 1.94 bits per heavy atom. The maximum atomic E-state index is 12.3. The van der Waals surface area contributed by atoms with E-state index in [0.717, 1.165) is 33.4 Å². The van der Waals surface area contributed by atoms with Crippen molar-refractivity contribution in [1.29, 1.82) is 0 Å². The van der Waals surface area contributed by atoms with E-state index in [9.17, 15) is 4.79 Å². The Morgan fingerprint density at radius 3 is 2.77 bits per heavy atom. The average molecular weight is 495 g/mol. The number of nitrogens with zero attached hydrogens (tertiary/aromatic N) is 4. The van der Waals surface area contributed by atoms with Gasteiger partial charge in [0.2, 0.25) is 0 Å². The van der Waals surface area contributed by atoms with E-state index in [4.69, 9.17) is 9.47 Å². The Hall–Kier alpha value is -3.37. The quantitative estimate of drug-likeness (QED) is 0.165. The molecule has 4 rings (SSSR count). The maximum Gasteiger partial charge on any atom is 0.258 e. The fraction of sp³-hybridized carbons (Fsp3) is 0.360. The predicted octanol–water partition coefficient (Wildman–Crippen LogP) is 3.74. The molecule has 0 saturated heterocycles. The molecule has 0 atom stereocenters. The van der Waals surface area contributed by atoms with E-state index >= 15 is 0 Å². The number of ether oxygens (including phenoxy) is 2. The van der Waals surface area contributed by atoms with Gasteiger partial charge in [-0.1, -0.05) is 49.0 Å². The zero-order valence-corrected chi connectivity index (χ0v) is 20.8. The van der Waals surface area contributed by atoms with Crippen molar-refractivity contribution in [2.45, 2.75) is 25.5 Å². The monoisotopic (exact) mass is 494 g/mol. The number of amides is 1. The van der Waals surface area contributed by atoms with Gasteiger partial charge in [0, 0.05) is 19.7 Å². The number of carbonyl (C=O) groups excluding carboxylic acids is 1. The molecule has 9 nitrogen and oxygen atoms in total. The molecule has 4 aromatic rings. The summed E-state index contributed by atoms with van der Waals surface area (Å²) in [4.78, 5) is 21.6. The van der Waals surface area contributed by atoms with Gasteiger partial charge in [-0.05, 0) is 35.6 Å². The molecule has 0 bridgehead atoms. The molecule has 10 heteroatoms. The molecule has 2 aromatic heterocycles. The van der Waals surface area contributed by atoms with Gasteiger partial charge in [-0.3, -0.25) is 4.79 Å². The highest BCUT2D eigenvalue weighted by Crippen LogP contribution is 2.24. The van der Waals surface area contributed by atoms with Gasteiger partial charge < -0.3 is 20.1 Å². The third kappa shape index (κ3) is 6.61. The van der Waals surface area contributed by atoms with Gasteiger partial charge in [-0.15, -0.1) is 0 Å². The minimum Gasteiger partial charge on any atom is -0.484 e. The van der Waals surface area contributed by atoms with Crippen molar-refractivity contribution in [1.82, 2.24) is 25.1 Å². The van der Waals surface area contributed by atoms with Crippen molar-refractivity contribution in [3.8, 4) is 5.75 Å². The molecule has 0 aliphatic rings. The van der Waals surface area contributed by atoms with Crippen LogP contribution in [-0.2, 0) is 16.1 Å². The number of carbonyl (C=O) groups is 1. The van der Waals surface area contributed by atoms with E-state index in [0.29, 0.717) is 43.8 Å². The topological polar surface area (TPSA) is 103 Å². The van der Waals surface area contributed by atoms with Crippen molar-refractivity contribution in [3.63, 3.8) is 0 Å². The summed E-state index contributed by atoms with van der Waals surface area (Å²) in [6.07, 6.45) is 1.75. The molecule has 0 aliphatic carbocycles. The van der Waals surface area contributed by atoms with Crippen LogP contribution in [0.2, 0.25) is 0 Å². The average Bonchev–Trinajstić information content (AvgIpc) is 3.28. The minimum absolute atomic E-state index is 0.0500. The molecule has 0 unspecified atom stereocenters. The van der Waals surface area contributed by atoms with Gasteiger partial charge in [0.1, 0.15) is 11.6 Å².